The van der Waals surface area contributed by atoms with E-state index in [2.05, 4.69) is 15.3 Å². The Morgan fingerprint density at radius 1 is 1.18 bits per heavy atom. The lowest BCUT2D eigenvalue weighted by atomic mass is 10.1. The summed E-state index contributed by atoms with van der Waals surface area (Å²) >= 11 is 0. The second kappa shape index (κ2) is 11.5. The number of hydrogen-bond acceptors (Lipinski definition) is 6. The number of carboxylic acids is 2. The van der Waals surface area contributed by atoms with E-state index >= 15 is 0 Å². The molecule has 1 saturated heterocycles. The Bertz CT molecular complexity index is 974. The monoisotopic (exact) mass is 460 g/mol. The van der Waals surface area contributed by atoms with Gasteiger partial charge >= 0.3 is 18.0 Å². The van der Waals surface area contributed by atoms with Gasteiger partial charge in [0.1, 0.15) is 12.1 Å². The average Bonchev–Trinajstić information content (AvgIpc) is 2.97. The molecule has 2 rings (SSSR count). The summed E-state index contributed by atoms with van der Waals surface area (Å²) in [5.41, 5.74) is 9.16. The normalized spacial score (nSPS) is 16.3. The van der Waals surface area contributed by atoms with E-state index in [-0.39, 0.29) is 18.7 Å². The molecule has 1 unspecified atom stereocenters. The Hall–Kier alpha value is -4.12. The van der Waals surface area contributed by atoms with E-state index in [1.165, 1.54) is 31.3 Å². The molecule has 1 aliphatic heterocycles. The van der Waals surface area contributed by atoms with Crippen LogP contribution < -0.4 is 5.32 Å². The molecule has 0 saturated carbocycles. The highest BCUT2D eigenvalue weighted by Gasteiger charge is 2.47. The van der Waals surface area contributed by atoms with Crippen LogP contribution in [0.4, 0.5) is 10.5 Å². The number of likely N-dealkylation sites (N-methyl/N-ethyl adjacent to an activating group) is 1. The van der Waals surface area contributed by atoms with Crippen LogP contribution in [0.2, 0.25) is 0 Å². The highest BCUT2D eigenvalue weighted by atomic mass is 16.4. The molecule has 1 fully saturated rings. The summed E-state index contributed by atoms with van der Waals surface area (Å²) in [4.78, 5) is 64.0. The molecular formula is C20H24N6O7. The van der Waals surface area contributed by atoms with Gasteiger partial charge < -0.3 is 20.4 Å². The first kappa shape index (κ1) is 25.1. The lowest BCUT2D eigenvalue weighted by Crippen LogP contribution is -2.46. The Morgan fingerprint density at radius 2 is 1.85 bits per heavy atom. The van der Waals surface area contributed by atoms with Crippen molar-refractivity contribution < 1.29 is 34.2 Å². The van der Waals surface area contributed by atoms with E-state index in [1.54, 1.807) is 0 Å². The van der Waals surface area contributed by atoms with Crippen LogP contribution in [0.5, 0.6) is 0 Å². The number of nitrogens with one attached hydrogen (secondary N) is 1. The molecule has 2 atom stereocenters. The fraction of sp³-hybridized carbons (Fsp3) is 0.450. The van der Waals surface area contributed by atoms with E-state index in [4.69, 9.17) is 10.6 Å². The van der Waals surface area contributed by atoms with Crippen LogP contribution in [-0.4, -0.2) is 75.5 Å². The summed E-state index contributed by atoms with van der Waals surface area (Å²) in [5, 5.41) is 24.3. The first-order chi connectivity index (χ1) is 15.7. The molecule has 33 heavy (non-hydrogen) atoms. The zero-order chi connectivity index (χ0) is 24.5. The number of carbonyl (C=O) groups is 5. The van der Waals surface area contributed by atoms with Crippen molar-refractivity contribution in [2.45, 2.75) is 44.2 Å². The number of aliphatic carboxylic acids is 2. The maximum atomic E-state index is 12.7. The molecule has 0 spiro atoms. The van der Waals surface area contributed by atoms with Crippen molar-refractivity contribution in [3.8, 4) is 0 Å². The van der Waals surface area contributed by atoms with Crippen LogP contribution in [0.3, 0.4) is 0 Å². The Morgan fingerprint density at radius 3 is 2.42 bits per heavy atom. The van der Waals surface area contributed by atoms with E-state index < -0.39 is 42.4 Å². The molecule has 0 bridgehead atoms. The number of azide groups is 1. The second-order valence-corrected chi connectivity index (χ2v) is 7.39. The van der Waals surface area contributed by atoms with Crippen molar-refractivity contribution in [2.75, 3.05) is 13.6 Å². The highest BCUT2D eigenvalue weighted by molar-refractivity contribution is 6.06. The highest BCUT2D eigenvalue weighted by Crippen LogP contribution is 2.24. The number of unbranched alkanes of at least 4 members (excludes halogenated alkanes) is 1. The van der Waals surface area contributed by atoms with Gasteiger partial charge in [0.25, 0.3) is 11.8 Å². The number of benzene rings is 1. The zero-order valence-corrected chi connectivity index (χ0v) is 17.9. The van der Waals surface area contributed by atoms with E-state index in [9.17, 15) is 29.1 Å². The SMILES string of the molecule is CN1C(=O)N(C(CCC(=O)O)C(=O)O)C(=O)[C@@H]1CCCCNC(=O)c1ccc(N=[N+]=[N-])cc1. The Kier molecular flexibility index (Phi) is 8.75. The molecular weight excluding hydrogens is 436 g/mol. The Labute approximate surface area is 188 Å². The topological polar surface area (TPSA) is 193 Å². The van der Waals surface area contributed by atoms with Gasteiger partial charge in [0.2, 0.25) is 0 Å². The zero-order valence-electron chi connectivity index (χ0n) is 17.9. The third-order valence-electron chi connectivity index (χ3n) is 5.21. The largest absolute Gasteiger partial charge is 0.481 e. The van der Waals surface area contributed by atoms with Gasteiger partial charge in [-0.1, -0.05) is 17.2 Å². The maximum absolute atomic E-state index is 12.7. The molecule has 4 amide bonds. The third-order valence-corrected chi connectivity index (χ3v) is 5.21. The van der Waals surface area contributed by atoms with E-state index in [0.29, 0.717) is 35.5 Å². The van der Waals surface area contributed by atoms with Crippen LogP contribution in [0.15, 0.2) is 29.4 Å². The summed E-state index contributed by atoms with van der Waals surface area (Å²) in [5.74, 6) is -3.66. The number of carboxylic acid groups (broad SMARTS) is 2. The van der Waals surface area contributed by atoms with Gasteiger partial charge in [-0.25, -0.2) is 14.5 Å². The van der Waals surface area contributed by atoms with Crippen LogP contribution in [0, 0.1) is 0 Å². The maximum Gasteiger partial charge on any atom is 0.328 e. The smallest absolute Gasteiger partial charge is 0.328 e. The molecule has 1 heterocycles. The fourth-order valence-electron chi connectivity index (χ4n) is 3.45. The molecule has 1 aliphatic rings. The van der Waals surface area contributed by atoms with Crippen LogP contribution >= 0.6 is 0 Å². The quantitative estimate of drug-likeness (QED) is 0.140. The van der Waals surface area contributed by atoms with Gasteiger partial charge in [0.15, 0.2) is 0 Å². The molecule has 0 aliphatic carbocycles. The number of imide groups is 1. The van der Waals surface area contributed by atoms with Crippen molar-refractivity contribution in [2.24, 2.45) is 5.11 Å². The van der Waals surface area contributed by atoms with Crippen molar-refractivity contribution in [3.63, 3.8) is 0 Å². The van der Waals surface area contributed by atoms with Gasteiger partial charge in [-0.15, -0.1) is 0 Å². The van der Waals surface area contributed by atoms with Crippen molar-refractivity contribution in [1.82, 2.24) is 15.1 Å². The molecule has 0 radical (unpaired) electrons. The van der Waals surface area contributed by atoms with E-state index in [1.807, 2.05) is 0 Å². The summed E-state index contributed by atoms with van der Waals surface area (Å²) in [6, 6.07) is 2.90. The molecule has 13 heteroatoms. The number of rotatable bonds is 12. The van der Waals surface area contributed by atoms with Crippen molar-refractivity contribution in [1.29, 1.82) is 0 Å². The minimum atomic E-state index is -1.54. The minimum absolute atomic E-state index is 0.263. The Balaban J connectivity index is 1.85. The van der Waals surface area contributed by atoms with Gasteiger partial charge in [0, 0.05) is 36.2 Å². The van der Waals surface area contributed by atoms with Crippen LogP contribution in [0.25, 0.3) is 10.4 Å². The first-order valence-corrected chi connectivity index (χ1v) is 10.1. The van der Waals surface area contributed by atoms with Crippen molar-refractivity contribution >= 4 is 35.5 Å². The fourth-order valence-corrected chi connectivity index (χ4v) is 3.45. The summed E-state index contributed by atoms with van der Waals surface area (Å²) in [7, 11) is 1.39. The number of amides is 4. The predicted molar refractivity (Wildman–Crippen MR) is 114 cm³/mol. The average molecular weight is 460 g/mol. The molecule has 1 aromatic rings. The number of hydrogen-bond donors (Lipinski definition) is 3. The van der Waals surface area contributed by atoms with Gasteiger partial charge in [-0.3, -0.25) is 14.4 Å². The summed E-state index contributed by atoms with van der Waals surface area (Å²) in [6.45, 7) is 0.315. The van der Waals surface area contributed by atoms with Gasteiger partial charge in [0.05, 0.1) is 0 Å². The number of carbonyl (C=O) groups excluding carboxylic acids is 3. The number of nitrogens with zero attached hydrogens (tertiary/aromatic N) is 5. The first-order valence-electron chi connectivity index (χ1n) is 10.1. The van der Waals surface area contributed by atoms with Crippen LogP contribution in [0.1, 0.15) is 42.5 Å². The molecule has 1 aromatic carbocycles. The minimum Gasteiger partial charge on any atom is -0.481 e. The molecule has 176 valence electrons. The van der Waals surface area contributed by atoms with Crippen LogP contribution in [-0.2, 0) is 14.4 Å². The predicted octanol–water partition coefficient (Wildman–Crippen LogP) is 2.11. The van der Waals surface area contributed by atoms with Gasteiger partial charge in [-0.05, 0) is 43.3 Å². The summed E-state index contributed by atoms with van der Waals surface area (Å²) in [6.07, 6.45) is 0.384. The molecule has 3 N–H and O–H groups in total. The molecule has 13 nitrogen and oxygen atoms in total. The number of urea groups is 1. The standard InChI is InChI=1S/C20H24N6O7/c1-25-14(18(30)26(20(25)33)15(19(31)32)9-10-16(27)28)4-2-3-11-22-17(29)12-5-7-13(8-6-12)23-24-21/h5-8,14-15H,2-4,9-11H2,1H3,(H,22,29)(H,27,28)(H,31,32)/t14-,15?/m0/s1. The van der Waals surface area contributed by atoms with Gasteiger partial charge in [-0.2, -0.15) is 0 Å². The van der Waals surface area contributed by atoms with Crippen molar-refractivity contribution in [3.05, 3.63) is 40.3 Å². The second-order valence-electron chi connectivity index (χ2n) is 7.39. The lowest BCUT2D eigenvalue weighted by molar-refractivity contribution is -0.148. The lowest BCUT2D eigenvalue weighted by Gasteiger charge is -2.21. The third kappa shape index (κ3) is 6.43. The molecule has 0 aromatic heterocycles. The van der Waals surface area contributed by atoms with E-state index in [0.717, 1.165) is 4.90 Å². The summed E-state index contributed by atoms with van der Waals surface area (Å²) < 4.78 is 0.